The Hall–Kier alpha value is -3.68. The first-order valence-electron chi connectivity index (χ1n) is 14.7. The molecule has 3 atom stereocenters. The monoisotopic (exact) mass is 589 g/mol. The van der Waals surface area contributed by atoms with E-state index >= 15 is 0 Å². The molecule has 4 heterocycles. The second kappa shape index (κ2) is 11.5. The molecule has 1 aliphatic carbocycles. The van der Waals surface area contributed by atoms with Crippen molar-refractivity contribution >= 4 is 34.9 Å². The second-order valence-electron chi connectivity index (χ2n) is 11.8. The van der Waals surface area contributed by atoms with E-state index in [1.165, 1.54) is 6.08 Å². The van der Waals surface area contributed by atoms with Crippen LogP contribution in [0.4, 0.5) is 11.5 Å². The van der Waals surface area contributed by atoms with Crippen LogP contribution in [-0.4, -0.2) is 89.0 Å². The summed E-state index contributed by atoms with van der Waals surface area (Å²) in [5.41, 5.74) is 2.26. The third kappa shape index (κ3) is 5.09. The van der Waals surface area contributed by atoms with Crippen molar-refractivity contribution in [2.24, 2.45) is 0 Å². The lowest BCUT2D eigenvalue weighted by Gasteiger charge is -2.54. The fraction of sp³-hybridized carbons (Fsp3) is 0.516. The number of amides is 2. The van der Waals surface area contributed by atoms with Gasteiger partial charge in [0.25, 0.3) is 0 Å². The maximum Gasteiger partial charge on any atom is 0.318 e. The van der Waals surface area contributed by atoms with Crippen molar-refractivity contribution in [3.8, 4) is 12.1 Å². The number of likely N-dealkylation sites (N-methyl/N-ethyl adjacent to an activating group) is 1. The topological polar surface area (TPSA) is 106 Å². The minimum atomic E-state index is -0.401. The molecule has 11 heteroatoms. The molecule has 0 radical (unpaired) electrons. The smallest absolute Gasteiger partial charge is 0.318 e. The van der Waals surface area contributed by atoms with Crippen LogP contribution in [0.1, 0.15) is 43.4 Å². The first kappa shape index (κ1) is 28.4. The molecule has 4 aliphatic rings. The number of piperazine rings is 1. The van der Waals surface area contributed by atoms with Crippen LogP contribution in [0.25, 0.3) is 0 Å². The normalized spacial score (nSPS) is 25.6. The number of benzene rings is 1. The summed E-state index contributed by atoms with van der Waals surface area (Å²) in [6.45, 7) is 6.72. The van der Waals surface area contributed by atoms with Gasteiger partial charge in [0.1, 0.15) is 12.4 Å². The van der Waals surface area contributed by atoms with E-state index in [2.05, 4.69) is 29.5 Å². The Bertz CT molecular complexity index is 1440. The molecule has 3 aliphatic heterocycles. The fourth-order valence-corrected chi connectivity index (χ4v) is 7.27. The van der Waals surface area contributed by atoms with E-state index in [-0.39, 0.29) is 24.3 Å². The van der Waals surface area contributed by atoms with Crippen LogP contribution >= 0.6 is 11.6 Å². The van der Waals surface area contributed by atoms with E-state index in [9.17, 15) is 14.9 Å². The van der Waals surface area contributed by atoms with Crippen LogP contribution in [0.2, 0.25) is 5.02 Å². The van der Waals surface area contributed by atoms with Crippen molar-refractivity contribution < 1.29 is 14.3 Å². The highest BCUT2D eigenvalue weighted by molar-refractivity contribution is 6.34. The maximum atomic E-state index is 13.0. The summed E-state index contributed by atoms with van der Waals surface area (Å²) in [6, 6.07) is 10.1. The first-order chi connectivity index (χ1) is 20.3. The molecular weight excluding hydrogens is 554 g/mol. The molecule has 220 valence electrons. The van der Waals surface area contributed by atoms with Gasteiger partial charge in [0.2, 0.25) is 11.8 Å². The Morgan fingerprint density at radius 1 is 1.24 bits per heavy atom. The van der Waals surface area contributed by atoms with E-state index in [0.29, 0.717) is 62.6 Å². The van der Waals surface area contributed by atoms with Gasteiger partial charge in [-0.15, -0.1) is 0 Å². The van der Waals surface area contributed by atoms with Gasteiger partial charge in [0.05, 0.1) is 46.9 Å². The fourth-order valence-electron chi connectivity index (χ4n) is 7.05. The lowest BCUT2D eigenvalue weighted by molar-refractivity contribution is -0.129. The second-order valence-corrected chi connectivity index (χ2v) is 12.2. The zero-order chi connectivity index (χ0) is 29.4. The number of hydrogen-bond acceptors (Lipinski definition) is 8. The molecule has 3 saturated heterocycles. The molecule has 3 fully saturated rings. The van der Waals surface area contributed by atoms with Crippen LogP contribution in [0, 0.1) is 11.3 Å². The van der Waals surface area contributed by atoms with Gasteiger partial charge in [-0.1, -0.05) is 30.3 Å². The number of rotatable bonds is 7. The highest BCUT2D eigenvalue weighted by atomic mass is 35.5. The van der Waals surface area contributed by atoms with Crippen molar-refractivity contribution in [2.75, 3.05) is 49.6 Å². The van der Waals surface area contributed by atoms with E-state index in [4.69, 9.17) is 26.3 Å². The Balaban J connectivity index is 1.33. The Labute approximate surface area is 251 Å². The number of nitrogens with zero attached hydrogens (tertiary/aromatic N) is 7. The standard InChI is InChI=1S/C31H36ClN7O3/c1-3-27(40)38-16-15-37(19-21(38)11-13-33)29-23-10-12-31(18-28(41)39(31)26-9-5-4-8-24(26)32)17-25(23)34-30(35-29)42-20-22-7-6-14-36(22)2/h3-5,8-9,21-22H,1,6-7,10-12,14-20H2,2H3/t21-,22-,31?/m0/s1. The summed E-state index contributed by atoms with van der Waals surface area (Å²) in [7, 11) is 2.11. The zero-order valence-electron chi connectivity index (χ0n) is 24.0. The highest BCUT2D eigenvalue weighted by Crippen LogP contribution is 2.48. The molecule has 1 spiro atoms. The van der Waals surface area contributed by atoms with Gasteiger partial charge in [0.15, 0.2) is 0 Å². The number of ether oxygens (including phenoxy) is 1. The van der Waals surface area contributed by atoms with Gasteiger partial charge in [-0.05, 0) is 57.5 Å². The van der Waals surface area contributed by atoms with Crippen LogP contribution in [0.15, 0.2) is 36.9 Å². The van der Waals surface area contributed by atoms with Crippen molar-refractivity contribution in [1.82, 2.24) is 19.8 Å². The van der Waals surface area contributed by atoms with Gasteiger partial charge >= 0.3 is 6.01 Å². The molecule has 0 bridgehead atoms. The molecule has 2 amide bonds. The molecule has 6 rings (SSSR count). The van der Waals surface area contributed by atoms with E-state index in [1.54, 1.807) is 4.90 Å². The molecule has 0 saturated carbocycles. The number of nitriles is 1. The molecule has 1 unspecified atom stereocenters. The van der Waals surface area contributed by atoms with Gasteiger partial charge in [-0.25, -0.2) is 0 Å². The lowest BCUT2D eigenvalue weighted by atomic mass is 9.71. The molecule has 2 aromatic rings. The highest BCUT2D eigenvalue weighted by Gasteiger charge is 2.54. The predicted molar refractivity (Wildman–Crippen MR) is 160 cm³/mol. The minimum Gasteiger partial charge on any atom is -0.462 e. The number of hydrogen-bond donors (Lipinski definition) is 0. The third-order valence-corrected chi connectivity index (χ3v) is 9.65. The molecule has 1 aromatic carbocycles. The molecule has 42 heavy (non-hydrogen) atoms. The quantitative estimate of drug-likeness (QED) is 0.357. The molecular formula is C31H36ClN7O3. The average molecular weight is 590 g/mol. The summed E-state index contributed by atoms with van der Waals surface area (Å²) in [6.07, 6.45) is 6.21. The summed E-state index contributed by atoms with van der Waals surface area (Å²) in [5.74, 6) is 0.692. The Morgan fingerprint density at radius 2 is 2.07 bits per heavy atom. The summed E-state index contributed by atoms with van der Waals surface area (Å²) in [4.78, 5) is 43.4. The van der Waals surface area contributed by atoms with Crippen LogP contribution < -0.4 is 14.5 Å². The lowest BCUT2D eigenvalue weighted by Crippen LogP contribution is -2.66. The summed E-state index contributed by atoms with van der Waals surface area (Å²) < 4.78 is 6.26. The van der Waals surface area contributed by atoms with Gasteiger partial charge in [-0.2, -0.15) is 15.2 Å². The Kier molecular flexibility index (Phi) is 7.81. The number of carbonyl (C=O) groups excluding carboxylic acids is 2. The summed E-state index contributed by atoms with van der Waals surface area (Å²) in [5, 5.41) is 10.1. The summed E-state index contributed by atoms with van der Waals surface area (Å²) >= 11 is 6.54. The van der Waals surface area contributed by atoms with Crippen LogP contribution in [-0.2, 0) is 22.4 Å². The predicted octanol–water partition coefficient (Wildman–Crippen LogP) is 3.38. The Morgan fingerprint density at radius 3 is 2.79 bits per heavy atom. The number of β-lactam (4-membered cyclic amide) rings is 1. The molecule has 0 N–H and O–H groups in total. The third-order valence-electron chi connectivity index (χ3n) is 9.33. The maximum absolute atomic E-state index is 13.0. The SMILES string of the molecule is C=CC(=O)N1CCN(c2nc(OC[C@@H]3CCCN3C)nc3c2CCC2(CC(=O)N2c2ccccc2Cl)C3)C[C@@H]1CC#N. The number of fused-ring (bicyclic) bond motifs is 1. The van der Waals surface area contributed by atoms with E-state index in [1.807, 2.05) is 29.2 Å². The van der Waals surface area contributed by atoms with E-state index in [0.717, 1.165) is 48.6 Å². The number of halogens is 1. The van der Waals surface area contributed by atoms with Gasteiger partial charge in [-0.3, -0.25) is 9.59 Å². The van der Waals surface area contributed by atoms with Crippen molar-refractivity contribution in [3.05, 3.63) is 53.2 Å². The van der Waals surface area contributed by atoms with Crippen LogP contribution in [0.5, 0.6) is 6.01 Å². The minimum absolute atomic E-state index is 0.0592. The first-order valence-corrected chi connectivity index (χ1v) is 15.1. The van der Waals surface area contributed by atoms with Gasteiger partial charge < -0.3 is 24.3 Å². The van der Waals surface area contributed by atoms with Gasteiger partial charge in [0, 0.05) is 37.7 Å². The number of anilines is 2. The van der Waals surface area contributed by atoms with Crippen molar-refractivity contribution in [2.45, 2.75) is 62.6 Å². The van der Waals surface area contributed by atoms with E-state index < -0.39 is 5.54 Å². The molecule has 1 aromatic heterocycles. The zero-order valence-corrected chi connectivity index (χ0v) is 24.7. The van der Waals surface area contributed by atoms with Crippen LogP contribution in [0.3, 0.4) is 0 Å². The largest absolute Gasteiger partial charge is 0.462 e. The number of aromatic nitrogens is 2. The number of likely N-dealkylation sites (tertiary alicyclic amines) is 1. The number of carbonyl (C=O) groups is 2. The molecule has 10 nitrogen and oxygen atoms in total. The average Bonchev–Trinajstić information content (AvgIpc) is 3.40. The van der Waals surface area contributed by atoms with Crippen molar-refractivity contribution in [1.29, 1.82) is 5.26 Å². The van der Waals surface area contributed by atoms with Crippen molar-refractivity contribution in [3.63, 3.8) is 0 Å². The number of para-hydroxylation sites is 1.